The van der Waals surface area contributed by atoms with Crippen LogP contribution in [0.2, 0.25) is 0 Å². The number of rotatable bonds is 7. The van der Waals surface area contributed by atoms with Gasteiger partial charge in [-0.1, -0.05) is 24.3 Å². The quantitative estimate of drug-likeness (QED) is 0.560. The number of aromatic hydroxyl groups is 1. The molecule has 0 saturated carbocycles. The van der Waals surface area contributed by atoms with E-state index in [2.05, 4.69) is 5.32 Å². The third-order valence-corrected chi connectivity index (χ3v) is 4.62. The molecule has 0 saturated heterocycles. The molecule has 0 radical (unpaired) electrons. The zero-order chi connectivity index (χ0) is 18.4. The first-order chi connectivity index (χ1) is 11.8. The molecule has 0 fully saturated rings. The van der Waals surface area contributed by atoms with Crippen molar-refractivity contribution in [3.8, 4) is 5.75 Å². The molecule has 2 rings (SSSR count). The fourth-order valence-electron chi connectivity index (χ4n) is 2.29. The molecule has 0 heterocycles. The molecule has 6 N–H and O–H groups in total. The molecule has 25 heavy (non-hydrogen) atoms. The fourth-order valence-corrected chi connectivity index (χ4v) is 2.80. The van der Waals surface area contributed by atoms with E-state index in [1.165, 1.54) is 12.1 Å². The maximum atomic E-state index is 12.0. The molecule has 134 valence electrons. The number of sulfonamides is 1. The second-order valence-electron chi connectivity index (χ2n) is 5.71. The van der Waals surface area contributed by atoms with E-state index in [1.54, 1.807) is 36.4 Å². The number of amides is 1. The Morgan fingerprint density at radius 3 is 2.16 bits per heavy atom. The molecule has 1 atom stereocenters. The molecule has 0 aromatic heterocycles. The van der Waals surface area contributed by atoms with Crippen molar-refractivity contribution in [2.24, 2.45) is 10.9 Å². The number of primary sulfonamides is 1. The summed E-state index contributed by atoms with van der Waals surface area (Å²) in [7, 11) is -3.70. The molecule has 0 aliphatic rings. The van der Waals surface area contributed by atoms with Crippen molar-refractivity contribution in [2.75, 3.05) is 6.54 Å². The van der Waals surface area contributed by atoms with Crippen molar-refractivity contribution in [2.45, 2.75) is 23.8 Å². The molecular weight excluding hydrogens is 342 g/mol. The Balaban J connectivity index is 1.80. The molecule has 1 amide bonds. The molecule has 7 nitrogen and oxygen atoms in total. The van der Waals surface area contributed by atoms with Crippen molar-refractivity contribution in [1.29, 1.82) is 0 Å². The van der Waals surface area contributed by atoms with Gasteiger partial charge < -0.3 is 16.2 Å². The highest BCUT2D eigenvalue weighted by molar-refractivity contribution is 7.89. The van der Waals surface area contributed by atoms with E-state index in [9.17, 15) is 18.3 Å². The van der Waals surface area contributed by atoms with E-state index < -0.39 is 16.1 Å². The number of benzene rings is 2. The Bertz CT molecular complexity index is 818. The van der Waals surface area contributed by atoms with Crippen molar-refractivity contribution in [3.63, 3.8) is 0 Å². The summed E-state index contributed by atoms with van der Waals surface area (Å²) in [6, 6.07) is 12.0. The van der Waals surface area contributed by atoms with Crippen LogP contribution < -0.4 is 16.2 Å². The van der Waals surface area contributed by atoms with Gasteiger partial charge in [-0.25, -0.2) is 13.6 Å². The van der Waals surface area contributed by atoms with Crippen LogP contribution >= 0.6 is 0 Å². The zero-order valence-electron chi connectivity index (χ0n) is 13.6. The minimum Gasteiger partial charge on any atom is -0.508 e. The summed E-state index contributed by atoms with van der Waals surface area (Å²) in [6.07, 6.45) is 0.914. The van der Waals surface area contributed by atoms with Gasteiger partial charge in [0.1, 0.15) is 5.75 Å². The van der Waals surface area contributed by atoms with E-state index in [0.29, 0.717) is 19.4 Å². The predicted molar refractivity (Wildman–Crippen MR) is 94.3 cm³/mol. The zero-order valence-corrected chi connectivity index (χ0v) is 14.4. The van der Waals surface area contributed by atoms with E-state index in [-0.39, 0.29) is 16.6 Å². The first-order valence-electron chi connectivity index (χ1n) is 7.68. The van der Waals surface area contributed by atoms with Gasteiger partial charge in [-0.05, 0) is 48.2 Å². The Kier molecular flexibility index (Phi) is 6.13. The summed E-state index contributed by atoms with van der Waals surface area (Å²) in [6.45, 7) is 0.386. The average molecular weight is 363 g/mol. The molecular formula is C17H21N3O4S. The minimum atomic E-state index is -3.70. The summed E-state index contributed by atoms with van der Waals surface area (Å²) in [5.41, 5.74) is 7.61. The standard InChI is InChI=1S/C17H21N3O4S/c18-16(11-13-1-5-14(21)6-2-13)17(22)20-10-9-12-3-7-15(8-4-12)25(19,23)24/h1-8,16,21H,9-11,18H2,(H,20,22)(H2,19,23,24)/t16-/m0/s1. The lowest BCUT2D eigenvalue weighted by Gasteiger charge is -2.12. The Morgan fingerprint density at radius 2 is 1.60 bits per heavy atom. The Hall–Kier alpha value is -2.42. The molecule has 0 aliphatic heterocycles. The molecule has 8 heteroatoms. The highest BCUT2D eigenvalue weighted by Crippen LogP contribution is 2.11. The van der Waals surface area contributed by atoms with Gasteiger partial charge in [0.25, 0.3) is 0 Å². The third-order valence-electron chi connectivity index (χ3n) is 3.69. The van der Waals surface area contributed by atoms with E-state index >= 15 is 0 Å². The number of carbonyl (C=O) groups is 1. The summed E-state index contributed by atoms with van der Waals surface area (Å²) < 4.78 is 22.4. The summed E-state index contributed by atoms with van der Waals surface area (Å²) in [5.74, 6) is -0.107. The third kappa shape index (κ3) is 5.86. The normalized spacial score (nSPS) is 12.6. The summed E-state index contributed by atoms with van der Waals surface area (Å²) in [4.78, 5) is 12.1. The van der Waals surface area contributed by atoms with Crippen LogP contribution in [0.1, 0.15) is 11.1 Å². The number of hydrogen-bond acceptors (Lipinski definition) is 5. The number of nitrogens with two attached hydrogens (primary N) is 2. The SMILES string of the molecule is N[C@@H](Cc1ccc(O)cc1)C(=O)NCCc1ccc(S(N)(=O)=O)cc1. The highest BCUT2D eigenvalue weighted by atomic mass is 32.2. The van der Waals surface area contributed by atoms with Crippen molar-refractivity contribution < 1.29 is 18.3 Å². The second-order valence-corrected chi connectivity index (χ2v) is 7.27. The second kappa shape index (κ2) is 8.11. The maximum absolute atomic E-state index is 12.0. The molecule has 2 aromatic rings. The van der Waals surface area contributed by atoms with Crippen LogP contribution in [0.5, 0.6) is 5.75 Å². The van der Waals surface area contributed by atoms with Gasteiger partial charge in [-0.3, -0.25) is 4.79 Å². The van der Waals surface area contributed by atoms with Gasteiger partial charge in [-0.15, -0.1) is 0 Å². The summed E-state index contributed by atoms with van der Waals surface area (Å²) in [5, 5.41) is 17.0. The molecule has 0 unspecified atom stereocenters. The van der Waals surface area contributed by atoms with E-state index in [0.717, 1.165) is 11.1 Å². The Labute approximate surface area is 146 Å². The van der Waals surface area contributed by atoms with Crippen LogP contribution in [-0.4, -0.2) is 32.0 Å². The predicted octanol–water partition coefficient (Wildman–Crippen LogP) is 0.268. The fraction of sp³-hybridized carbons (Fsp3) is 0.235. The summed E-state index contributed by atoms with van der Waals surface area (Å²) >= 11 is 0. The van der Waals surface area contributed by atoms with E-state index in [1.807, 2.05) is 0 Å². The number of nitrogens with one attached hydrogen (secondary N) is 1. The lowest BCUT2D eigenvalue weighted by atomic mass is 10.1. The monoisotopic (exact) mass is 363 g/mol. The van der Waals surface area contributed by atoms with Crippen LogP contribution in [0.3, 0.4) is 0 Å². The van der Waals surface area contributed by atoms with Crippen LogP contribution in [0.4, 0.5) is 0 Å². The van der Waals surface area contributed by atoms with Crippen LogP contribution in [0.15, 0.2) is 53.4 Å². The lowest BCUT2D eigenvalue weighted by Crippen LogP contribution is -2.42. The molecule has 0 bridgehead atoms. The average Bonchev–Trinajstić information content (AvgIpc) is 2.56. The van der Waals surface area contributed by atoms with E-state index in [4.69, 9.17) is 10.9 Å². The molecule has 0 aliphatic carbocycles. The van der Waals surface area contributed by atoms with Gasteiger partial charge in [-0.2, -0.15) is 0 Å². The first-order valence-corrected chi connectivity index (χ1v) is 9.23. The van der Waals surface area contributed by atoms with Gasteiger partial charge >= 0.3 is 0 Å². The van der Waals surface area contributed by atoms with Gasteiger partial charge in [0.15, 0.2) is 0 Å². The topological polar surface area (TPSA) is 136 Å². The van der Waals surface area contributed by atoms with Crippen LogP contribution in [0, 0.1) is 0 Å². The maximum Gasteiger partial charge on any atom is 0.238 e. The number of phenolic OH excluding ortho intramolecular Hbond substituents is 1. The minimum absolute atomic E-state index is 0.0520. The molecule has 2 aromatic carbocycles. The van der Waals surface area contributed by atoms with Gasteiger partial charge in [0.05, 0.1) is 10.9 Å². The highest BCUT2D eigenvalue weighted by Gasteiger charge is 2.13. The van der Waals surface area contributed by atoms with Crippen molar-refractivity contribution in [3.05, 3.63) is 59.7 Å². The lowest BCUT2D eigenvalue weighted by molar-refractivity contribution is -0.122. The van der Waals surface area contributed by atoms with Crippen LogP contribution in [0.25, 0.3) is 0 Å². The van der Waals surface area contributed by atoms with Crippen molar-refractivity contribution >= 4 is 15.9 Å². The number of carbonyl (C=O) groups excluding carboxylic acids is 1. The largest absolute Gasteiger partial charge is 0.508 e. The molecule has 0 spiro atoms. The number of phenols is 1. The first kappa shape index (κ1) is 18.9. The number of hydrogen-bond donors (Lipinski definition) is 4. The van der Waals surface area contributed by atoms with Gasteiger partial charge in [0, 0.05) is 6.54 Å². The van der Waals surface area contributed by atoms with Crippen LogP contribution in [-0.2, 0) is 27.7 Å². The van der Waals surface area contributed by atoms with Crippen molar-refractivity contribution in [1.82, 2.24) is 5.32 Å². The Morgan fingerprint density at radius 1 is 1.04 bits per heavy atom. The smallest absolute Gasteiger partial charge is 0.238 e. The van der Waals surface area contributed by atoms with Gasteiger partial charge in [0.2, 0.25) is 15.9 Å².